The molecule has 0 aliphatic carbocycles. The molecular formula is C19H22FN3OS. The molecule has 1 aliphatic heterocycles. The number of thioether (sulfide) groups is 1. The van der Waals surface area contributed by atoms with E-state index in [1.165, 1.54) is 23.4 Å². The van der Waals surface area contributed by atoms with Crippen LogP contribution in [0, 0.1) is 5.82 Å². The first-order valence-electron chi connectivity index (χ1n) is 8.49. The number of piperazine rings is 1. The summed E-state index contributed by atoms with van der Waals surface area (Å²) in [5, 5.41) is 0. The molecule has 0 unspecified atom stereocenters. The molecule has 1 fully saturated rings. The van der Waals surface area contributed by atoms with Crippen molar-refractivity contribution in [3.8, 4) is 0 Å². The van der Waals surface area contributed by atoms with E-state index < -0.39 is 0 Å². The van der Waals surface area contributed by atoms with Gasteiger partial charge in [-0.15, -0.1) is 11.8 Å². The van der Waals surface area contributed by atoms with Crippen LogP contribution in [0.1, 0.15) is 12.0 Å². The minimum Gasteiger partial charge on any atom is -0.340 e. The van der Waals surface area contributed by atoms with E-state index in [-0.39, 0.29) is 11.7 Å². The van der Waals surface area contributed by atoms with Crippen LogP contribution in [-0.2, 0) is 11.3 Å². The molecule has 4 nitrogen and oxygen atoms in total. The van der Waals surface area contributed by atoms with Gasteiger partial charge < -0.3 is 4.90 Å². The molecule has 0 N–H and O–H groups in total. The normalized spacial score (nSPS) is 15.3. The number of pyridine rings is 1. The van der Waals surface area contributed by atoms with Gasteiger partial charge in [0.05, 0.1) is 0 Å². The fourth-order valence-electron chi connectivity index (χ4n) is 2.87. The summed E-state index contributed by atoms with van der Waals surface area (Å²) in [6, 6.07) is 10.7. The molecule has 1 aromatic carbocycles. The number of benzene rings is 1. The molecule has 6 heteroatoms. The molecule has 0 radical (unpaired) electrons. The Morgan fingerprint density at radius 1 is 1.12 bits per heavy atom. The summed E-state index contributed by atoms with van der Waals surface area (Å²) in [6.07, 6.45) is 4.11. The van der Waals surface area contributed by atoms with Gasteiger partial charge in [0.15, 0.2) is 0 Å². The van der Waals surface area contributed by atoms with Gasteiger partial charge in [-0.05, 0) is 23.8 Å². The Kier molecular flexibility index (Phi) is 6.42. The van der Waals surface area contributed by atoms with Gasteiger partial charge in [-0.2, -0.15) is 0 Å². The monoisotopic (exact) mass is 359 g/mol. The van der Waals surface area contributed by atoms with Crippen molar-refractivity contribution < 1.29 is 9.18 Å². The third-order valence-electron chi connectivity index (χ3n) is 4.26. The van der Waals surface area contributed by atoms with E-state index in [1.807, 2.05) is 23.2 Å². The summed E-state index contributed by atoms with van der Waals surface area (Å²) in [5.41, 5.74) is 1.20. The zero-order chi connectivity index (χ0) is 17.5. The van der Waals surface area contributed by atoms with Crippen molar-refractivity contribution >= 4 is 17.7 Å². The first-order valence-corrected chi connectivity index (χ1v) is 9.47. The van der Waals surface area contributed by atoms with E-state index in [1.54, 1.807) is 18.3 Å². The van der Waals surface area contributed by atoms with Gasteiger partial charge in [-0.25, -0.2) is 4.39 Å². The van der Waals surface area contributed by atoms with Crippen molar-refractivity contribution in [2.75, 3.05) is 31.9 Å². The van der Waals surface area contributed by atoms with Crippen LogP contribution in [0.3, 0.4) is 0 Å². The van der Waals surface area contributed by atoms with Gasteiger partial charge in [0.2, 0.25) is 5.91 Å². The van der Waals surface area contributed by atoms with Crippen molar-refractivity contribution in [3.63, 3.8) is 0 Å². The summed E-state index contributed by atoms with van der Waals surface area (Å²) in [6.45, 7) is 4.13. The highest BCUT2D eigenvalue weighted by atomic mass is 32.2. The number of hydrogen-bond acceptors (Lipinski definition) is 4. The van der Waals surface area contributed by atoms with Crippen LogP contribution in [0.4, 0.5) is 4.39 Å². The van der Waals surface area contributed by atoms with Crippen LogP contribution in [0.15, 0.2) is 53.7 Å². The van der Waals surface area contributed by atoms with Crippen LogP contribution in [0.5, 0.6) is 0 Å². The topological polar surface area (TPSA) is 36.4 Å². The molecule has 0 atom stereocenters. The molecule has 1 aliphatic rings. The number of amides is 1. The van der Waals surface area contributed by atoms with E-state index in [4.69, 9.17) is 0 Å². The molecule has 2 aromatic rings. The molecule has 25 heavy (non-hydrogen) atoms. The number of carbonyl (C=O) groups is 1. The zero-order valence-corrected chi connectivity index (χ0v) is 14.9. The van der Waals surface area contributed by atoms with E-state index in [2.05, 4.69) is 16.0 Å². The van der Waals surface area contributed by atoms with Gasteiger partial charge in [0.1, 0.15) is 5.82 Å². The maximum Gasteiger partial charge on any atom is 0.223 e. The molecule has 132 valence electrons. The molecule has 3 rings (SSSR count). The van der Waals surface area contributed by atoms with Crippen molar-refractivity contribution in [2.24, 2.45) is 0 Å². The summed E-state index contributed by atoms with van der Waals surface area (Å²) >= 11 is 1.40. The zero-order valence-electron chi connectivity index (χ0n) is 14.1. The Morgan fingerprint density at radius 2 is 1.92 bits per heavy atom. The van der Waals surface area contributed by atoms with Gasteiger partial charge in [0.25, 0.3) is 0 Å². The van der Waals surface area contributed by atoms with E-state index >= 15 is 0 Å². The van der Waals surface area contributed by atoms with Crippen molar-refractivity contribution in [1.29, 1.82) is 0 Å². The van der Waals surface area contributed by atoms with Crippen molar-refractivity contribution in [1.82, 2.24) is 14.8 Å². The fraction of sp³-hybridized carbons (Fsp3) is 0.368. The number of hydrogen-bond donors (Lipinski definition) is 0. The third-order valence-corrected chi connectivity index (χ3v) is 5.31. The average molecular weight is 359 g/mol. The Hall–Kier alpha value is -1.92. The van der Waals surface area contributed by atoms with Gasteiger partial charge >= 0.3 is 0 Å². The number of rotatable bonds is 6. The third kappa shape index (κ3) is 5.28. The first kappa shape index (κ1) is 17.9. The summed E-state index contributed by atoms with van der Waals surface area (Å²) < 4.78 is 13.6. The van der Waals surface area contributed by atoms with E-state index in [0.29, 0.717) is 17.1 Å². The summed E-state index contributed by atoms with van der Waals surface area (Å²) in [5.74, 6) is 0.546. The quantitative estimate of drug-likeness (QED) is 0.743. The lowest BCUT2D eigenvalue weighted by atomic mass is 10.2. The molecule has 1 amide bonds. The minimum absolute atomic E-state index is 0.157. The minimum atomic E-state index is -0.219. The second-order valence-corrected chi connectivity index (χ2v) is 7.18. The highest BCUT2D eigenvalue weighted by molar-refractivity contribution is 7.99. The fourth-order valence-corrected chi connectivity index (χ4v) is 3.75. The molecule has 2 heterocycles. The second-order valence-electron chi connectivity index (χ2n) is 6.05. The largest absolute Gasteiger partial charge is 0.340 e. The first-order chi connectivity index (χ1) is 12.2. The van der Waals surface area contributed by atoms with Crippen LogP contribution in [-0.4, -0.2) is 52.6 Å². The Labute approximate surface area is 152 Å². The van der Waals surface area contributed by atoms with Gasteiger partial charge in [-0.1, -0.05) is 18.2 Å². The second kappa shape index (κ2) is 8.97. The number of carbonyl (C=O) groups excluding carboxylic acids is 1. The van der Waals surface area contributed by atoms with Gasteiger partial charge in [-0.3, -0.25) is 14.7 Å². The number of aromatic nitrogens is 1. The highest BCUT2D eigenvalue weighted by Gasteiger charge is 2.20. The highest BCUT2D eigenvalue weighted by Crippen LogP contribution is 2.22. The molecule has 0 bridgehead atoms. The smallest absolute Gasteiger partial charge is 0.223 e. The molecule has 0 saturated carbocycles. The Bertz CT molecular complexity index is 690. The lowest BCUT2D eigenvalue weighted by molar-refractivity contribution is -0.132. The lowest BCUT2D eigenvalue weighted by Gasteiger charge is -2.34. The summed E-state index contributed by atoms with van der Waals surface area (Å²) in [4.78, 5) is 21.3. The molecular weight excluding hydrogens is 337 g/mol. The number of halogens is 1. The SMILES string of the molecule is O=C(CCSc1ccccc1F)N1CCN(Cc2cccnc2)CC1. The Morgan fingerprint density at radius 3 is 2.64 bits per heavy atom. The standard InChI is InChI=1S/C19H22FN3OS/c20-17-5-1-2-6-18(17)25-13-7-19(24)23-11-9-22(10-12-23)15-16-4-3-8-21-14-16/h1-6,8,14H,7,9-13,15H2. The van der Waals surface area contributed by atoms with E-state index in [9.17, 15) is 9.18 Å². The predicted octanol–water partition coefficient (Wildman–Crippen LogP) is 3.05. The van der Waals surface area contributed by atoms with Crippen molar-refractivity contribution in [2.45, 2.75) is 17.9 Å². The number of nitrogens with zero attached hydrogens (tertiary/aromatic N) is 3. The summed E-state index contributed by atoms with van der Waals surface area (Å²) in [7, 11) is 0. The average Bonchev–Trinajstić information content (AvgIpc) is 2.65. The maximum absolute atomic E-state index is 13.6. The molecule has 0 spiro atoms. The predicted molar refractivity (Wildman–Crippen MR) is 97.8 cm³/mol. The van der Waals surface area contributed by atoms with Crippen molar-refractivity contribution in [3.05, 3.63) is 60.2 Å². The van der Waals surface area contributed by atoms with Crippen LogP contribution in [0.25, 0.3) is 0 Å². The van der Waals surface area contributed by atoms with Crippen LogP contribution < -0.4 is 0 Å². The molecule has 1 aromatic heterocycles. The Balaban J connectivity index is 1.39. The van der Waals surface area contributed by atoms with Crippen LogP contribution in [0.2, 0.25) is 0 Å². The van der Waals surface area contributed by atoms with E-state index in [0.717, 1.165) is 32.7 Å². The lowest BCUT2D eigenvalue weighted by Crippen LogP contribution is -2.48. The molecule has 1 saturated heterocycles. The van der Waals surface area contributed by atoms with Gasteiger partial charge in [0, 0.05) is 62.2 Å². The maximum atomic E-state index is 13.6. The van der Waals surface area contributed by atoms with Crippen LogP contribution >= 0.6 is 11.8 Å².